The van der Waals surface area contributed by atoms with E-state index in [0.29, 0.717) is 17.9 Å². The number of benzene rings is 4. The van der Waals surface area contributed by atoms with Gasteiger partial charge in [0.1, 0.15) is 11.9 Å². The molecular formula is C31H29N3O3S. The van der Waals surface area contributed by atoms with Crippen molar-refractivity contribution in [2.24, 2.45) is 0 Å². The fourth-order valence-electron chi connectivity index (χ4n) is 4.58. The Hall–Kier alpha value is -4.23. The smallest absolute Gasteiger partial charge is 0.258 e. The fourth-order valence-corrected chi connectivity index (χ4v) is 5.46. The van der Waals surface area contributed by atoms with E-state index in [1.54, 1.807) is 18.9 Å². The van der Waals surface area contributed by atoms with Crippen molar-refractivity contribution in [3.05, 3.63) is 119 Å². The topological polar surface area (TPSA) is 70.7 Å². The number of carbonyl (C=O) groups is 2. The minimum atomic E-state index is -0.329. The fraction of sp³-hybridized carbons (Fsp3) is 0.161. The number of hydrogen-bond donors (Lipinski definition) is 2. The Morgan fingerprint density at radius 1 is 0.974 bits per heavy atom. The third-order valence-corrected chi connectivity index (χ3v) is 7.47. The normalized spacial score (nSPS) is 14.4. The van der Waals surface area contributed by atoms with Gasteiger partial charge in [-0.1, -0.05) is 48.5 Å². The van der Waals surface area contributed by atoms with Gasteiger partial charge in [0, 0.05) is 41.1 Å². The number of fused-ring (bicyclic) bond motifs is 1. The van der Waals surface area contributed by atoms with Crippen molar-refractivity contribution in [1.82, 2.24) is 4.90 Å². The molecule has 0 radical (unpaired) electrons. The number of rotatable bonds is 8. The van der Waals surface area contributed by atoms with Gasteiger partial charge in [0.15, 0.2) is 0 Å². The molecule has 0 aromatic heterocycles. The highest BCUT2D eigenvalue weighted by Gasteiger charge is 2.33. The van der Waals surface area contributed by atoms with E-state index in [-0.39, 0.29) is 18.0 Å². The van der Waals surface area contributed by atoms with Crippen LogP contribution in [0.2, 0.25) is 0 Å². The van der Waals surface area contributed by atoms with Crippen LogP contribution in [-0.2, 0) is 17.1 Å². The Bertz CT molecular complexity index is 1440. The number of ether oxygens (including phenoxy) is 1. The Morgan fingerprint density at radius 2 is 1.71 bits per heavy atom. The van der Waals surface area contributed by atoms with Crippen molar-refractivity contribution < 1.29 is 14.3 Å². The number of methoxy groups -OCH3 is 1. The van der Waals surface area contributed by atoms with Gasteiger partial charge in [0.2, 0.25) is 5.91 Å². The second-order valence-electron chi connectivity index (χ2n) is 9.08. The van der Waals surface area contributed by atoms with Gasteiger partial charge in [-0.2, -0.15) is 0 Å². The van der Waals surface area contributed by atoms with Crippen LogP contribution in [0.5, 0.6) is 5.75 Å². The standard InChI is InChI=1S/C31H29N3O3S/c1-21(35)32-25-13-15-26(16-14-25)38-20-24-18-23(12-17-29(24)37-2)30-33-28-11-7-6-10-27(28)31(36)34(30)19-22-8-4-3-5-9-22/h3-18,30,33H,19-20H2,1-2H3,(H,32,35). The molecule has 0 fully saturated rings. The number of thioether (sulfide) groups is 1. The molecule has 0 spiro atoms. The largest absolute Gasteiger partial charge is 0.496 e. The third kappa shape index (κ3) is 5.68. The predicted molar refractivity (Wildman–Crippen MR) is 152 cm³/mol. The maximum absolute atomic E-state index is 13.6. The number of nitrogens with zero attached hydrogens (tertiary/aromatic N) is 1. The molecule has 1 atom stereocenters. The van der Waals surface area contributed by atoms with Gasteiger partial charge in [-0.15, -0.1) is 11.8 Å². The van der Waals surface area contributed by atoms with Gasteiger partial charge in [0.05, 0.1) is 12.7 Å². The van der Waals surface area contributed by atoms with Crippen molar-refractivity contribution in [3.63, 3.8) is 0 Å². The summed E-state index contributed by atoms with van der Waals surface area (Å²) in [4.78, 5) is 27.9. The van der Waals surface area contributed by atoms with E-state index in [1.165, 1.54) is 6.92 Å². The molecule has 0 saturated heterocycles. The lowest BCUT2D eigenvalue weighted by atomic mass is 10.0. The number of nitrogens with one attached hydrogen (secondary N) is 2. The van der Waals surface area contributed by atoms with Gasteiger partial charge >= 0.3 is 0 Å². The minimum absolute atomic E-state index is 0.000735. The zero-order chi connectivity index (χ0) is 26.5. The highest BCUT2D eigenvalue weighted by molar-refractivity contribution is 7.98. The van der Waals surface area contributed by atoms with Crippen LogP contribution in [0.4, 0.5) is 11.4 Å². The van der Waals surface area contributed by atoms with E-state index in [9.17, 15) is 9.59 Å². The zero-order valence-corrected chi connectivity index (χ0v) is 22.1. The molecule has 6 nitrogen and oxygen atoms in total. The maximum atomic E-state index is 13.6. The van der Waals surface area contributed by atoms with Crippen LogP contribution < -0.4 is 15.4 Å². The van der Waals surface area contributed by atoms with Gasteiger partial charge in [-0.3, -0.25) is 9.59 Å². The summed E-state index contributed by atoms with van der Waals surface area (Å²) < 4.78 is 5.68. The summed E-state index contributed by atoms with van der Waals surface area (Å²) in [5.74, 6) is 1.39. The predicted octanol–water partition coefficient (Wildman–Crippen LogP) is 6.71. The molecule has 4 aromatic carbocycles. The molecule has 1 aliphatic rings. The second-order valence-corrected chi connectivity index (χ2v) is 10.1. The Kier molecular flexibility index (Phi) is 7.65. The molecule has 7 heteroatoms. The lowest BCUT2D eigenvalue weighted by Gasteiger charge is -2.38. The molecular weight excluding hydrogens is 494 g/mol. The van der Waals surface area contributed by atoms with Crippen molar-refractivity contribution in [2.45, 2.75) is 30.3 Å². The highest BCUT2D eigenvalue weighted by Crippen LogP contribution is 2.37. The maximum Gasteiger partial charge on any atom is 0.258 e. The van der Waals surface area contributed by atoms with Crippen LogP contribution in [0.25, 0.3) is 0 Å². The Balaban J connectivity index is 1.43. The molecule has 0 bridgehead atoms. The summed E-state index contributed by atoms with van der Waals surface area (Å²) in [7, 11) is 1.67. The van der Waals surface area contributed by atoms with Gasteiger partial charge in [-0.25, -0.2) is 0 Å². The van der Waals surface area contributed by atoms with Crippen LogP contribution >= 0.6 is 11.8 Å². The van der Waals surface area contributed by atoms with Gasteiger partial charge in [0.25, 0.3) is 5.91 Å². The lowest BCUT2D eigenvalue weighted by Crippen LogP contribution is -2.42. The van der Waals surface area contributed by atoms with Crippen molar-refractivity contribution >= 4 is 35.0 Å². The molecule has 5 rings (SSSR count). The van der Waals surface area contributed by atoms with Gasteiger partial charge < -0.3 is 20.3 Å². The lowest BCUT2D eigenvalue weighted by molar-refractivity contribution is -0.114. The minimum Gasteiger partial charge on any atom is -0.496 e. The van der Waals surface area contributed by atoms with E-state index in [0.717, 1.165) is 38.7 Å². The SMILES string of the molecule is COc1ccc(C2Nc3ccccc3C(=O)N2Cc2ccccc2)cc1CSc1ccc(NC(C)=O)cc1. The third-order valence-electron chi connectivity index (χ3n) is 6.41. The first-order valence-electron chi connectivity index (χ1n) is 12.4. The summed E-state index contributed by atoms with van der Waals surface area (Å²) in [5, 5.41) is 6.39. The number of hydrogen-bond acceptors (Lipinski definition) is 5. The summed E-state index contributed by atoms with van der Waals surface area (Å²) in [6, 6.07) is 31.6. The number of anilines is 2. The number of carbonyl (C=O) groups excluding carboxylic acids is 2. The molecule has 0 aliphatic carbocycles. The van der Waals surface area contributed by atoms with Crippen molar-refractivity contribution in [3.8, 4) is 5.75 Å². The molecule has 1 unspecified atom stereocenters. The first kappa shape index (κ1) is 25.4. The van der Waals surface area contributed by atoms with Gasteiger partial charge in [-0.05, 0) is 59.7 Å². The summed E-state index contributed by atoms with van der Waals surface area (Å²) in [6.45, 7) is 1.98. The number of para-hydroxylation sites is 1. The Labute approximate surface area is 227 Å². The van der Waals surface area contributed by atoms with Crippen LogP contribution in [0.1, 0.15) is 40.1 Å². The van der Waals surface area contributed by atoms with Crippen LogP contribution in [0.15, 0.2) is 102 Å². The molecule has 1 aliphatic heterocycles. The summed E-state index contributed by atoms with van der Waals surface area (Å²) >= 11 is 1.68. The molecule has 2 N–H and O–H groups in total. The van der Waals surface area contributed by atoms with E-state index < -0.39 is 0 Å². The van der Waals surface area contributed by atoms with E-state index >= 15 is 0 Å². The summed E-state index contributed by atoms with van der Waals surface area (Å²) in [6.07, 6.45) is -0.329. The van der Waals surface area contributed by atoms with E-state index in [1.807, 2.05) is 95.9 Å². The molecule has 0 saturated carbocycles. The van der Waals surface area contributed by atoms with E-state index in [2.05, 4.69) is 16.7 Å². The van der Waals surface area contributed by atoms with Crippen molar-refractivity contribution in [1.29, 1.82) is 0 Å². The van der Waals surface area contributed by atoms with Crippen LogP contribution in [0.3, 0.4) is 0 Å². The van der Waals surface area contributed by atoms with Crippen molar-refractivity contribution in [2.75, 3.05) is 17.7 Å². The molecule has 2 amide bonds. The number of amides is 2. The molecule has 192 valence electrons. The molecule has 38 heavy (non-hydrogen) atoms. The average molecular weight is 524 g/mol. The Morgan fingerprint density at radius 3 is 2.45 bits per heavy atom. The second kappa shape index (κ2) is 11.4. The average Bonchev–Trinajstić information content (AvgIpc) is 2.94. The first-order chi connectivity index (χ1) is 18.5. The monoisotopic (exact) mass is 523 g/mol. The zero-order valence-electron chi connectivity index (χ0n) is 21.3. The van der Waals surface area contributed by atoms with Crippen LogP contribution in [0, 0.1) is 0 Å². The quantitative estimate of drug-likeness (QED) is 0.251. The summed E-state index contributed by atoms with van der Waals surface area (Å²) in [5.41, 5.74) is 5.37. The molecule has 4 aromatic rings. The van der Waals surface area contributed by atoms with E-state index in [4.69, 9.17) is 4.74 Å². The van der Waals surface area contributed by atoms with Crippen LogP contribution in [-0.4, -0.2) is 23.8 Å². The first-order valence-corrected chi connectivity index (χ1v) is 13.4. The molecule has 1 heterocycles. The highest BCUT2D eigenvalue weighted by atomic mass is 32.2.